The second-order valence-corrected chi connectivity index (χ2v) is 16.1. The van der Waals surface area contributed by atoms with E-state index in [1.807, 2.05) is 0 Å². The minimum atomic E-state index is -0.194. The van der Waals surface area contributed by atoms with Gasteiger partial charge in [-0.2, -0.15) is 0 Å². The Hall–Kier alpha value is -0.380. The summed E-state index contributed by atoms with van der Waals surface area (Å²) in [4.78, 5) is 2.41. The Morgan fingerprint density at radius 1 is 0.659 bits per heavy atom. The van der Waals surface area contributed by atoms with Gasteiger partial charge in [0, 0.05) is 19.0 Å². The minimum absolute atomic E-state index is 0.167. The lowest BCUT2D eigenvalue weighted by Crippen LogP contribution is -2.39. The van der Waals surface area contributed by atoms with Gasteiger partial charge in [-0.05, 0) is 38.5 Å². The average molecular weight is 620 g/mol. The topological polar surface area (TPSA) is 32.7 Å². The van der Waals surface area contributed by atoms with Crippen LogP contribution in [-0.4, -0.2) is 41.5 Å². The highest BCUT2D eigenvalue weighted by Crippen LogP contribution is 2.25. The second-order valence-electron chi connectivity index (χ2n) is 16.1. The van der Waals surface area contributed by atoms with Crippen LogP contribution in [0.5, 0.6) is 0 Å². The molecule has 1 fully saturated rings. The Labute approximate surface area is 277 Å². The molecular formula is C41H81NO2. The van der Waals surface area contributed by atoms with Crippen LogP contribution in [-0.2, 0) is 4.74 Å². The van der Waals surface area contributed by atoms with Gasteiger partial charge < -0.3 is 9.84 Å². The Morgan fingerprint density at radius 2 is 1.09 bits per heavy atom. The summed E-state index contributed by atoms with van der Waals surface area (Å²) < 4.78 is 5.89. The van der Waals surface area contributed by atoms with E-state index in [0.29, 0.717) is 11.3 Å². The van der Waals surface area contributed by atoms with Crippen LogP contribution in [0, 0.1) is 11.3 Å². The van der Waals surface area contributed by atoms with Crippen molar-refractivity contribution in [2.75, 3.05) is 19.7 Å². The number of aliphatic hydroxyl groups excluding tert-OH is 1. The van der Waals surface area contributed by atoms with Gasteiger partial charge in [0.15, 0.2) is 0 Å². The predicted octanol–water partition coefficient (Wildman–Crippen LogP) is 12.8. The molecule has 0 unspecified atom stereocenters. The maximum absolute atomic E-state index is 11.2. The second kappa shape index (κ2) is 26.7. The molecule has 0 aromatic carbocycles. The van der Waals surface area contributed by atoms with Crippen molar-refractivity contribution >= 4 is 0 Å². The number of rotatable bonds is 30. The molecule has 3 heteroatoms. The van der Waals surface area contributed by atoms with E-state index >= 15 is 0 Å². The fourth-order valence-electron chi connectivity index (χ4n) is 6.89. The van der Waals surface area contributed by atoms with E-state index < -0.39 is 0 Å². The molecule has 0 aromatic rings. The molecule has 0 aliphatic carbocycles. The third-order valence-electron chi connectivity index (χ3n) is 10.1. The van der Waals surface area contributed by atoms with E-state index in [1.54, 1.807) is 0 Å². The Kier molecular flexibility index (Phi) is 25.2. The first-order chi connectivity index (χ1) is 21.2. The molecular weight excluding hydrogens is 538 g/mol. The summed E-state index contributed by atoms with van der Waals surface area (Å²) in [5, 5.41) is 11.2. The molecule has 44 heavy (non-hydrogen) atoms. The van der Waals surface area contributed by atoms with Gasteiger partial charge in [0.1, 0.15) is 5.72 Å². The molecule has 0 spiro atoms. The lowest BCUT2D eigenvalue weighted by Gasteiger charge is -2.29. The molecule has 0 amide bonds. The van der Waals surface area contributed by atoms with Crippen molar-refractivity contribution in [3.05, 3.63) is 12.2 Å². The lowest BCUT2D eigenvalue weighted by molar-refractivity contribution is -0.0451. The number of hydrogen-bond donors (Lipinski definition) is 1. The highest BCUT2D eigenvalue weighted by molar-refractivity contribution is 4.95. The summed E-state index contributed by atoms with van der Waals surface area (Å²) in [7, 11) is 0. The largest absolute Gasteiger partial charge is 0.393 e. The van der Waals surface area contributed by atoms with Gasteiger partial charge in [0.2, 0.25) is 0 Å². The molecule has 0 saturated carbocycles. The van der Waals surface area contributed by atoms with Gasteiger partial charge in [-0.25, -0.2) is 0 Å². The van der Waals surface area contributed by atoms with E-state index in [0.717, 1.165) is 32.5 Å². The van der Waals surface area contributed by atoms with Crippen molar-refractivity contribution in [2.45, 2.75) is 220 Å². The molecule has 1 N–H and O–H groups in total. The summed E-state index contributed by atoms with van der Waals surface area (Å²) in [6.07, 6.45) is 39.6. The van der Waals surface area contributed by atoms with Gasteiger partial charge in [-0.1, -0.05) is 188 Å². The van der Waals surface area contributed by atoms with Crippen LogP contribution >= 0.6 is 0 Å². The molecule has 1 saturated heterocycles. The van der Waals surface area contributed by atoms with Crippen LogP contribution in [0.2, 0.25) is 0 Å². The Balaban J connectivity index is 2.22. The number of ether oxygens (including phenoxy) is 1. The molecule has 3 nitrogen and oxygen atoms in total. The van der Waals surface area contributed by atoms with Crippen molar-refractivity contribution in [1.29, 1.82) is 0 Å². The quantitative estimate of drug-likeness (QED) is 0.0641. The minimum Gasteiger partial charge on any atom is -0.393 e. The van der Waals surface area contributed by atoms with E-state index in [9.17, 15) is 5.11 Å². The molecule has 1 rings (SSSR count). The summed E-state index contributed by atoms with van der Waals surface area (Å²) in [5.74, 6) is 0.298. The van der Waals surface area contributed by atoms with Gasteiger partial charge in [-0.15, -0.1) is 0 Å². The van der Waals surface area contributed by atoms with Gasteiger partial charge >= 0.3 is 0 Å². The first-order valence-electron chi connectivity index (χ1n) is 19.9. The van der Waals surface area contributed by atoms with E-state index in [-0.39, 0.29) is 11.8 Å². The fraction of sp³-hybridized carbons (Fsp3) is 0.951. The molecule has 0 aromatic heterocycles. The van der Waals surface area contributed by atoms with Crippen LogP contribution in [0.3, 0.4) is 0 Å². The van der Waals surface area contributed by atoms with Crippen LogP contribution in [0.25, 0.3) is 0 Å². The third-order valence-corrected chi connectivity index (χ3v) is 10.1. The first-order valence-corrected chi connectivity index (χ1v) is 19.9. The van der Waals surface area contributed by atoms with Crippen LogP contribution in [0.15, 0.2) is 12.2 Å². The van der Waals surface area contributed by atoms with Crippen molar-refractivity contribution in [3.8, 4) is 0 Å². The smallest absolute Gasteiger partial charge is 0.116 e. The summed E-state index contributed by atoms with van der Waals surface area (Å²) >= 11 is 0. The highest BCUT2D eigenvalue weighted by atomic mass is 16.5. The maximum Gasteiger partial charge on any atom is 0.116 e. The molecule has 0 radical (unpaired) electrons. The van der Waals surface area contributed by atoms with E-state index in [4.69, 9.17) is 4.74 Å². The fourth-order valence-corrected chi connectivity index (χ4v) is 6.89. The molecule has 262 valence electrons. The van der Waals surface area contributed by atoms with E-state index in [1.165, 1.54) is 154 Å². The van der Waals surface area contributed by atoms with Crippen molar-refractivity contribution in [3.63, 3.8) is 0 Å². The van der Waals surface area contributed by atoms with Crippen molar-refractivity contribution in [2.24, 2.45) is 11.3 Å². The van der Waals surface area contributed by atoms with E-state index in [2.05, 4.69) is 58.6 Å². The molecule has 1 aliphatic rings. The maximum atomic E-state index is 11.2. The van der Waals surface area contributed by atoms with Crippen molar-refractivity contribution < 1.29 is 9.84 Å². The number of nitrogens with zero attached hydrogens (tertiary/aromatic N) is 1. The number of unbranched alkanes of at least 4 members (excludes halogenated alkanes) is 21. The van der Waals surface area contributed by atoms with Gasteiger partial charge in [-0.3, -0.25) is 4.90 Å². The van der Waals surface area contributed by atoms with Gasteiger partial charge in [0.05, 0.1) is 12.7 Å². The Bertz CT molecular complexity index is 651. The number of aliphatic hydroxyl groups is 1. The van der Waals surface area contributed by atoms with Gasteiger partial charge in [0.25, 0.3) is 0 Å². The predicted molar refractivity (Wildman–Crippen MR) is 195 cm³/mol. The summed E-state index contributed by atoms with van der Waals surface area (Å²) in [6, 6.07) is 0. The monoisotopic (exact) mass is 620 g/mol. The van der Waals surface area contributed by atoms with Crippen LogP contribution in [0.4, 0.5) is 0 Å². The zero-order valence-electron chi connectivity index (χ0n) is 31.1. The average Bonchev–Trinajstić information content (AvgIpc) is 3.31. The first kappa shape index (κ1) is 41.6. The zero-order valence-corrected chi connectivity index (χ0v) is 31.1. The van der Waals surface area contributed by atoms with Crippen LogP contribution in [0.1, 0.15) is 208 Å². The third kappa shape index (κ3) is 23.9. The Morgan fingerprint density at radius 3 is 1.52 bits per heavy atom. The van der Waals surface area contributed by atoms with Crippen LogP contribution < -0.4 is 0 Å². The molecule has 0 bridgehead atoms. The highest BCUT2D eigenvalue weighted by Gasteiger charge is 2.31. The summed E-state index contributed by atoms with van der Waals surface area (Å²) in [6.45, 7) is 16.5. The number of hydrogen-bond acceptors (Lipinski definition) is 3. The summed E-state index contributed by atoms with van der Waals surface area (Å²) in [5.41, 5.74) is 0.330. The molecule has 2 atom stereocenters. The zero-order chi connectivity index (χ0) is 32.4. The molecule has 1 aliphatic heterocycles. The standard InChI is InChI=1S/C41H81NO2/c1-7-8-9-10-11-12-13-14-15-19-22-25-28-33-39(43)38(32-30-35-42-36-37-44-41(42,5)6)31-27-24-21-18-16-17-20-23-26-29-34-40(2,3)4/h30,32,38-39,43H,7-29,31,33-37H2,1-6H3/t38-,39+/m0/s1. The normalized spacial score (nSPS) is 17.2. The molecule has 1 heterocycles. The van der Waals surface area contributed by atoms with Crippen molar-refractivity contribution in [1.82, 2.24) is 4.90 Å². The SMILES string of the molecule is CCCCCCCCCCCCCCC[C@@H](O)[C@H](C=CCN1CCOC1(C)C)CCCCCCCCCCCCC(C)(C)C. The lowest BCUT2D eigenvalue weighted by atomic mass is 9.89.